The monoisotopic (exact) mass is 319 g/mol. The molecule has 2 rings (SSSR count). The van der Waals surface area contributed by atoms with Gasteiger partial charge in [0, 0.05) is 18.3 Å². The summed E-state index contributed by atoms with van der Waals surface area (Å²) in [4.78, 5) is 23.2. The molecule has 1 atom stereocenters. The van der Waals surface area contributed by atoms with E-state index in [4.69, 9.17) is 5.73 Å². The van der Waals surface area contributed by atoms with E-state index in [-0.39, 0.29) is 11.2 Å². The molecule has 1 aromatic heterocycles. The standard InChI is InChI=1S/C14H17N5O2S/c1-8(22-14-18-17-9(2)19(14)3)13(21)16-11-6-4-10(5-7-11)12(15)20/h4-8H,1-3H3,(H2,15,20)(H,16,21)/t8-/m0/s1. The van der Waals surface area contributed by atoms with Crippen molar-refractivity contribution in [2.75, 3.05) is 5.32 Å². The van der Waals surface area contributed by atoms with Crippen molar-refractivity contribution in [3.05, 3.63) is 35.7 Å². The third kappa shape index (κ3) is 3.64. The highest BCUT2D eigenvalue weighted by molar-refractivity contribution is 8.00. The number of rotatable bonds is 5. The van der Waals surface area contributed by atoms with Gasteiger partial charge in [0.25, 0.3) is 0 Å². The van der Waals surface area contributed by atoms with Crippen molar-refractivity contribution in [3.63, 3.8) is 0 Å². The number of amides is 2. The highest BCUT2D eigenvalue weighted by Crippen LogP contribution is 2.22. The Labute approximate surface area is 132 Å². The summed E-state index contributed by atoms with van der Waals surface area (Å²) in [7, 11) is 1.85. The van der Waals surface area contributed by atoms with Crippen LogP contribution < -0.4 is 11.1 Å². The highest BCUT2D eigenvalue weighted by Gasteiger charge is 2.18. The number of nitrogens with one attached hydrogen (secondary N) is 1. The second kappa shape index (κ2) is 6.61. The molecule has 0 fully saturated rings. The minimum atomic E-state index is -0.501. The number of aryl methyl sites for hydroxylation is 1. The number of carbonyl (C=O) groups is 2. The van der Waals surface area contributed by atoms with Crippen LogP contribution in [-0.2, 0) is 11.8 Å². The molecule has 3 N–H and O–H groups in total. The van der Waals surface area contributed by atoms with Gasteiger partial charge in [0.2, 0.25) is 11.8 Å². The second-order valence-corrected chi connectivity index (χ2v) is 6.09. The number of hydrogen-bond acceptors (Lipinski definition) is 5. The summed E-state index contributed by atoms with van der Waals surface area (Å²) in [5, 5.41) is 11.1. The summed E-state index contributed by atoms with van der Waals surface area (Å²) in [6, 6.07) is 6.42. The number of aromatic nitrogens is 3. The van der Waals surface area contributed by atoms with Crippen LogP contribution in [0.5, 0.6) is 0 Å². The van der Waals surface area contributed by atoms with E-state index < -0.39 is 5.91 Å². The normalized spacial score (nSPS) is 12.0. The SMILES string of the molecule is Cc1nnc(S[C@@H](C)C(=O)Nc2ccc(C(N)=O)cc2)n1C. The summed E-state index contributed by atoms with van der Waals surface area (Å²) in [6.45, 7) is 3.64. The van der Waals surface area contributed by atoms with E-state index in [1.54, 1.807) is 31.2 Å². The predicted octanol–water partition coefficient (Wildman–Crippen LogP) is 1.34. The summed E-state index contributed by atoms with van der Waals surface area (Å²) in [5.74, 6) is 0.133. The summed E-state index contributed by atoms with van der Waals surface area (Å²) in [6.07, 6.45) is 0. The first-order valence-corrected chi connectivity index (χ1v) is 7.50. The number of anilines is 1. The van der Waals surface area contributed by atoms with E-state index in [1.807, 2.05) is 18.5 Å². The molecule has 0 radical (unpaired) electrons. The smallest absolute Gasteiger partial charge is 0.248 e. The first-order valence-electron chi connectivity index (χ1n) is 6.62. The number of carbonyl (C=O) groups excluding carboxylic acids is 2. The van der Waals surface area contributed by atoms with Gasteiger partial charge in [-0.15, -0.1) is 10.2 Å². The topological polar surface area (TPSA) is 103 Å². The van der Waals surface area contributed by atoms with Crippen LogP contribution >= 0.6 is 11.8 Å². The van der Waals surface area contributed by atoms with Gasteiger partial charge in [-0.2, -0.15) is 0 Å². The molecule has 0 unspecified atom stereocenters. The lowest BCUT2D eigenvalue weighted by molar-refractivity contribution is -0.115. The lowest BCUT2D eigenvalue weighted by Gasteiger charge is -2.11. The Kier molecular flexibility index (Phi) is 4.81. The Bertz CT molecular complexity index is 696. The van der Waals surface area contributed by atoms with Gasteiger partial charge >= 0.3 is 0 Å². The van der Waals surface area contributed by atoms with Gasteiger partial charge < -0.3 is 15.6 Å². The van der Waals surface area contributed by atoms with E-state index in [0.717, 1.165) is 5.82 Å². The maximum atomic E-state index is 12.2. The minimum absolute atomic E-state index is 0.155. The minimum Gasteiger partial charge on any atom is -0.366 e. The molecule has 2 aromatic rings. The third-order valence-corrected chi connectivity index (χ3v) is 4.27. The van der Waals surface area contributed by atoms with Crippen molar-refractivity contribution < 1.29 is 9.59 Å². The van der Waals surface area contributed by atoms with Crippen molar-refractivity contribution in [2.45, 2.75) is 24.3 Å². The highest BCUT2D eigenvalue weighted by atomic mass is 32.2. The molecule has 0 saturated carbocycles. The van der Waals surface area contributed by atoms with Crippen LogP contribution in [0.3, 0.4) is 0 Å². The molecular formula is C14H17N5O2S. The Hall–Kier alpha value is -2.35. The number of benzene rings is 1. The van der Waals surface area contributed by atoms with E-state index in [0.29, 0.717) is 16.4 Å². The Morgan fingerprint density at radius 3 is 2.41 bits per heavy atom. The fourth-order valence-electron chi connectivity index (χ4n) is 1.66. The van der Waals surface area contributed by atoms with Gasteiger partial charge in [-0.05, 0) is 38.1 Å². The van der Waals surface area contributed by atoms with Gasteiger partial charge in [0.1, 0.15) is 5.82 Å². The van der Waals surface area contributed by atoms with Crippen LogP contribution in [0.2, 0.25) is 0 Å². The summed E-state index contributed by atoms with van der Waals surface area (Å²) in [5.41, 5.74) is 6.18. The van der Waals surface area contributed by atoms with E-state index in [9.17, 15) is 9.59 Å². The molecule has 1 aromatic carbocycles. The molecule has 0 bridgehead atoms. The van der Waals surface area contributed by atoms with Crippen LogP contribution in [0.1, 0.15) is 23.1 Å². The molecule has 0 aliphatic rings. The molecule has 7 nitrogen and oxygen atoms in total. The largest absolute Gasteiger partial charge is 0.366 e. The first-order chi connectivity index (χ1) is 10.4. The summed E-state index contributed by atoms with van der Waals surface area (Å²) < 4.78 is 1.83. The van der Waals surface area contributed by atoms with Crippen LogP contribution in [0.15, 0.2) is 29.4 Å². The third-order valence-electron chi connectivity index (χ3n) is 3.14. The van der Waals surface area contributed by atoms with Gasteiger partial charge in [0.05, 0.1) is 5.25 Å². The van der Waals surface area contributed by atoms with E-state index in [2.05, 4.69) is 15.5 Å². The Balaban J connectivity index is 1.99. The average molecular weight is 319 g/mol. The van der Waals surface area contributed by atoms with Gasteiger partial charge in [-0.3, -0.25) is 9.59 Å². The zero-order chi connectivity index (χ0) is 16.3. The number of primary amides is 1. The zero-order valence-corrected chi connectivity index (χ0v) is 13.3. The summed E-state index contributed by atoms with van der Waals surface area (Å²) >= 11 is 1.33. The first kappa shape index (κ1) is 16.0. The van der Waals surface area contributed by atoms with E-state index >= 15 is 0 Å². The maximum Gasteiger partial charge on any atom is 0.248 e. The fourth-order valence-corrected chi connectivity index (χ4v) is 2.52. The van der Waals surface area contributed by atoms with Crippen molar-refractivity contribution in [1.82, 2.24) is 14.8 Å². The molecule has 0 aliphatic carbocycles. The molecule has 0 aliphatic heterocycles. The molecular weight excluding hydrogens is 302 g/mol. The number of nitrogens with two attached hydrogens (primary N) is 1. The number of nitrogens with zero attached hydrogens (tertiary/aromatic N) is 3. The zero-order valence-electron chi connectivity index (χ0n) is 12.5. The predicted molar refractivity (Wildman–Crippen MR) is 84.6 cm³/mol. The average Bonchev–Trinajstić information content (AvgIpc) is 2.79. The van der Waals surface area contributed by atoms with Gasteiger partial charge in [-0.25, -0.2) is 0 Å². The lowest BCUT2D eigenvalue weighted by Crippen LogP contribution is -2.23. The molecule has 0 saturated heterocycles. The van der Waals surface area contributed by atoms with Crippen molar-refractivity contribution in [3.8, 4) is 0 Å². The van der Waals surface area contributed by atoms with Gasteiger partial charge in [-0.1, -0.05) is 11.8 Å². The molecule has 1 heterocycles. The van der Waals surface area contributed by atoms with Crippen LogP contribution in [-0.4, -0.2) is 31.8 Å². The van der Waals surface area contributed by atoms with Crippen molar-refractivity contribution >= 4 is 29.3 Å². The molecule has 2 amide bonds. The Morgan fingerprint density at radius 1 is 1.27 bits per heavy atom. The molecule has 8 heteroatoms. The van der Waals surface area contributed by atoms with Crippen molar-refractivity contribution in [1.29, 1.82) is 0 Å². The van der Waals surface area contributed by atoms with Crippen LogP contribution in [0.4, 0.5) is 5.69 Å². The quantitative estimate of drug-likeness (QED) is 0.810. The van der Waals surface area contributed by atoms with Gasteiger partial charge in [0.15, 0.2) is 5.16 Å². The number of thioether (sulfide) groups is 1. The van der Waals surface area contributed by atoms with Crippen LogP contribution in [0.25, 0.3) is 0 Å². The van der Waals surface area contributed by atoms with Crippen LogP contribution in [0, 0.1) is 6.92 Å². The second-order valence-electron chi connectivity index (χ2n) is 4.78. The maximum absolute atomic E-state index is 12.2. The van der Waals surface area contributed by atoms with E-state index in [1.165, 1.54) is 11.8 Å². The molecule has 22 heavy (non-hydrogen) atoms. The molecule has 116 valence electrons. The lowest BCUT2D eigenvalue weighted by atomic mass is 10.2. The fraction of sp³-hybridized carbons (Fsp3) is 0.286. The van der Waals surface area contributed by atoms with Crippen molar-refractivity contribution in [2.24, 2.45) is 12.8 Å². The number of hydrogen-bond donors (Lipinski definition) is 2. The Morgan fingerprint density at radius 2 is 1.91 bits per heavy atom. The molecule has 0 spiro atoms.